The van der Waals surface area contributed by atoms with Crippen LogP contribution in [0.3, 0.4) is 0 Å². The Kier molecular flexibility index (Phi) is 14.0. The van der Waals surface area contributed by atoms with Crippen LogP contribution in [0.1, 0.15) is 99.8 Å². The Bertz CT molecular complexity index is 1810. The summed E-state index contributed by atoms with van der Waals surface area (Å²) in [4.78, 5) is 0. The van der Waals surface area contributed by atoms with Crippen LogP contribution in [0.2, 0.25) is 0 Å². The van der Waals surface area contributed by atoms with Crippen LogP contribution < -0.4 is 0 Å². The first kappa shape index (κ1) is 51.1. The van der Waals surface area contributed by atoms with Gasteiger partial charge in [-0.3, -0.25) is 0 Å². The van der Waals surface area contributed by atoms with Gasteiger partial charge in [0.25, 0.3) is 0 Å². The second-order valence-corrected chi connectivity index (χ2v) is 23.1. The molecular weight excluding hydrogens is 865 g/mol. The highest BCUT2D eigenvalue weighted by molar-refractivity contribution is 5.47. The summed E-state index contributed by atoms with van der Waals surface area (Å²) in [5.74, 6) is 0.0357. The molecule has 8 rings (SSSR count). The molecule has 18 heteroatoms. The highest BCUT2D eigenvalue weighted by atomic mass is 16.8. The van der Waals surface area contributed by atoms with E-state index in [1.54, 1.807) is 6.92 Å². The molecule has 24 atom stereocenters. The van der Waals surface area contributed by atoms with Crippen molar-refractivity contribution in [3.05, 3.63) is 23.3 Å². The van der Waals surface area contributed by atoms with Crippen LogP contribution in [0.4, 0.5) is 0 Å². The molecule has 0 amide bonds. The van der Waals surface area contributed by atoms with Crippen molar-refractivity contribution in [2.45, 2.75) is 204 Å². The molecule has 24 unspecified atom stereocenters. The minimum Gasteiger partial charge on any atom is -0.396 e. The highest BCUT2D eigenvalue weighted by Crippen LogP contribution is 2.74. The lowest BCUT2D eigenvalue weighted by Gasteiger charge is -2.70. The van der Waals surface area contributed by atoms with E-state index in [0.29, 0.717) is 19.3 Å². The van der Waals surface area contributed by atoms with Gasteiger partial charge in [0.2, 0.25) is 0 Å². The second-order valence-electron chi connectivity index (χ2n) is 23.1. The molecule has 18 nitrogen and oxygen atoms in total. The SMILES string of the molecule is CC1OC(OC2CCC3(C)C(CCC4(C)C3C=CC3=C5CC(C)(C)CCC5(CO)C(O)CC34C)C2(C)CO)C(O)C(OC2OC(CO)C(O)C(OC3OC(CO)C(O)C(O)C3O)C2O)C1O. The smallest absolute Gasteiger partial charge is 0.187 e. The van der Waals surface area contributed by atoms with Crippen molar-refractivity contribution < 1.29 is 89.7 Å². The Morgan fingerprint density at radius 2 is 1.21 bits per heavy atom. The van der Waals surface area contributed by atoms with Crippen LogP contribution in [-0.2, 0) is 28.4 Å². The van der Waals surface area contributed by atoms with Gasteiger partial charge in [-0.1, -0.05) is 59.3 Å². The minimum absolute atomic E-state index is 0.0444. The number of hydrogen-bond acceptors (Lipinski definition) is 18. The molecule has 0 aromatic heterocycles. The lowest BCUT2D eigenvalue weighted by Crippen LogP contribution is -2.67. The van der Waals surface area contributed by atoms with Crippen LogP contribution in [0.5, 0.6) is 0 Å². The van der Waals surface area contributed by atoms with Gasteiger partial charge in [-0.2, -0.15) is 0 Å². The maximum absolute atomic E-state index is 12.1. The van der Waals surface area contributed by atoms with Gasteiger partial charge in [0.1, 0.15) is 67.1 Å². The number of ether oxygens (including phenoxy) is 6. The van der Waals surface area contributed by atoms with E-state index in [1.807, 2.05) is 6.92 Å². The van der Waals surface area contributed by atoms with E-state index >= 15 is 0 Å². The number of aliphatic hydroxyl groups is 12. The van der Waals surface area contributed by atoms with E-state index in [4.69, 9.17) is 28.4 Å². The molecule has 0 bridgehead atoms. The van der Waals surface area contributed by atoms with Gasteiger partial charge >= 0.3 is 0 Å². The predicted octanol–water partition coefficient (Wildman–Crippen LogP) is -0.495. The van der Waals surface area contributed by atoms with E-state index in [1.165, 1.54) is 11.1 Å². The van der Waals surface area contributed by atoms with Gasteiger partial charge in [-0.25, -0.2) is 0 Å². The normalized spacial score (nSPS) is 54.8. The van der Waals surface area contributed by atoms with Crippen LogP contribution in [-0.4, -0.2) is 192 Å². The van der Waals surface area contributed by atoms with Crippen molar-refractivity contribution in [2.24, 2.45) is 44.3 Å². The van der Waals surface area contributed by atoms with Crippen molar-refractivity contribution in [3.63, 3.8) is 0 Å². The summed E-state index contributed by atoms with van der Waals surface area (Å²) in [6.07, 6.45) is -15.1. The largest absolute Gasteiger partial charge is 0.396 e. The van der Waals surface area contributed by atoms with E-state index in [2.05, 4.69) is 46.8 Å². The molecule has 66 heavy (non-hydrogen) atoms. The zero-order valence-electron chi connectivity index (χ0n) is 39.4. The maximum Gasteiger partial charge on any atom is 0.187 e. The number of allylic oxidation sites excluding steroid dienone is 3. The lowest BCUT2D eigenvalue weighted by atomic mass is 9.35. The van der Waals surface area contributed by atoms with Gasteiger partial charge in [-0.05, 0) is 91.9 Å². The molecule has 0 radical (unpaired) electrons. The third-order valence-electron chi connectivity index (χ3n) is 19.0. The first-order valence-corrected chi connectivity index (χ1v) is 24.1. The number of fused-ring (bicyclic) bond motifs is 6. The molecule has 0 spiro atoms. The molecule has 6 fully saturated rings. The first-order valence-electron chi connectivity index (χ1n) is 24.1. The van der Waals surface area contributed by atoms with Crippen molar-refractivity contribution in [1.82, 2.24) is 0 Å². The molecule has 3 saturated carbocycles. The number of rotatable bonds is 10. The maximum atomic E-state index is 12.1. The minimum atomic E-state index is -1.91. The molecule has 3 heterocycles. The van der Waals surface area contributed by atoms with E-state index in [0.717, 1.165) is 32.1 Å². The van der Waals surface area contributed by atoms with E-state index in [9.17, 15) is 61.3 Å². The fourth-order valence-electron chi connectivity index (χ4n) is 14.5. The summed E-state index contributed by atoms with van der Waals surface area (Å²) in [6.45, 7) is 13.2. The number of aliphatic hydroxyl groups excluding tert-OH is 12. The first-order chi connectivity index (χ1) is 30.9. The molecule has 3 saturated heterocycles. The molecule has 5 aliphatic carbocycles. The molecule has 0 aromatic carbocycles. The monoisotopic (exact) mass is 943 g/mol. The standard InChI is InChI=1S/C48H78O18/c1-22-31(54)38(65-42-37(60)39(33(56)26(19-50)63-42)66-40-35(58)34(57)32(55)25(18-49)62-40)36(59)41(61-22)64-30-11-12-44(4)27(45(30,5)20-51)10-13-46(6)28(44)9-8-23-24-16-43(2,3)14-15-48(24,21-52)29(53)17-47(23,46)7/h8-9,22,25-42,49-60H,10-21H2,1-7H3. The Labute approximate surface area is 387 Å². The Morgan fingerprint density at radius 1 is 0.621 bits per heavy atom. The molecule has 0 aromatic rings. The molecule has 12 N–H and O–H groups in total. The van der Waals surface area contributed by atoms with Crippen molar-refractivity contribution in [3.8, 4) is 0 Å². The van der Waals surface area contributed by atoms with E-state index < -0.39 is 128 Å². The van der Waals surface area contributed by atoms with Gasteiger partial charge in [0.05, 0.1) is 44.7 Å². The zero-order chi connectivity index (χ0) is 48.3. The quantitative estimate of drug-likeness (QED) is 0.123. The zero-order valence-corrected chi connectivity index (χ0v) is 39.4. The summed E-state index contributed by atoms with van der Waals surface area (Å²) in [6, 6.07) is 0. The molecule has 3 aliphatic heterocycles. The van der Waals surface area contributed by atoms with E-state index in [-0.39, 0.29) is 46.7 Å². The molecule has 8 aliphatic rings. The number of hydrogen-bond donors (Lipinski definition) is 12. The van der Waals surface area contributed by atoms with Crippen molar-refractivity contribution >= 4 is 0 Å². The average molecular weight is 943 g/mol. The van der Waals surface area contributed by atoms with Crippen molar-refractivity contribution in [1.29, 1.82) is 0 Å². The van der Waals surface area contributed by atoms with Gasteiger partial charge in [0.15, 0.2) is 18.9 Å². The highest BCUT2D eigenvalue weighted by Gasteiger charge is 2.69. The topological polar surface area (TPSA) is 298 Å². The van der Waals surface area contributed by atoms with Gasteiger partial charge in [-0.15, -0.1) is 0 Å². The Morgan fingerprint density at radius 3 is 1.82 bits per heavy atom. The Hall–Kier alpha value is -1.24. The molecular formula is C48H78O18. The summed E-state index contributed by atoms with van der Waals surface area (Å²) < 4.78 is 35.7. The third kappa shape index (κ3) is 7.75. The summed E-state index contributed by atoms with van der Waals surface area (Å²) in [7, 11) is 0. The Balaban J connectivity index is 1.01. The molecule has 378 valence electrons. The van der Waals surface area contributed by atoms with Gasteiger partial charge < -0.3 is 89.7 Å². The van der Waals surface area contributed by atoms with Crippen LogP contribution in [0.15, 0.2) is 23.3 Å². The summed E-state index contributed by atoms with van der Waals surface area (Å²) in [5, 5.41) is 131. The third-order valence-corrected chi connectivity index (χ3v) is 19.0. The summed E-state index contributed by atoms with van der Waals surface area (Å²) in [5.41, 5.74) is 0.115. The van der Waals surface area contributed by atoms with Crippen LogP contribution in [0, 0.1) is 44.3 Å². The van der Waals surface area contributed by atoms with Crippen LogP contribution in [0.25, 0.3) is 0 Å². The fraction of sp³-hybridized carbons (Fsp3) is 0.917. The predicted molar refractivity (Wildman–Crippen MR) is 231 cm³/mol. The second kappa shape index (κ2) is 18.1. The lowest BCUT2D eigenvalue weighted by molar-refractivity contribution is -0.383. The van der Waals surface area contributed by atoms with Crippen LogP contribution >= 0.6 is 0 Å². The summed E-state index contributed by atoms with van der Waals surface area (Å²) >= 11 is 0. The van der Waals surface area contributed by atoms with Gasteiger partial charge in [0, 0.05) is 16.2 Å². The fourth-order valence-corrected chi connectivity index (χ4v) is 14.5. The average Bonchev–Trinajstić information content (AvgIpc) is 3.27. The van der Waals surface area contributed by atoms with Crippen molar-refractivity contribution in [2.75, 3.05) is 26.4 Å².